The van der Waals surface area contributed by atoms with Gasteiger partial charge in [-0.3, -0.25) is 9.59 Å². The maximum atomic E-state index is 10.9. The number of hydrogen-bond donors (Lipinski definition) is 2. The standard InChI is InChI=1S/C20H23BO6/c1-13(19(22)23)11-15-3-7-17(8-4-15)26-21-27-18-9-5-16(6-10-18)12-14(2)20(24)25/h3-10,13-14,21H,11-12H2,1-2H3,(H,22,23)(H,24,25). The van der Waals surface area contributed by atoms with Gasteiger partial charge >= 0.3 is 19.6 Å². The summed E-state index contributed by atoms with van der Waals surface area (Å²) >= 11 is 0. The summed E-state index contributed by atoms with van der Waals surface area (Å²) in [7, 11) is 0.0375. The molecule has 0 spiro atoms. The minimum Gasteiger partial charge on any atom is -0.529 e. The lowest BCUT2D eigenvalue weighted by atomic mass is 10.0. The lowest BCUT2D eigenvalue weighted by Gasteiger charge is -2.10. The molecule has 142 valence electrons. The van der Waals surface area contributed by atoms with E-state index in [-0.39, 0.29) is 7.69 Å². The van der Waals surface area contributed by atoms with Crippen LogP contribution in [-0.2, 0) is 22.4 Å². The Morgan fingerprint density at radius 3 is 1.41 bits per heavy atom. The van der Waals surface area contributed by atoms with Crippen molar-refractivity contribution in [1.82, 2.24) is 0 Å². The van der Waals surface area contributed by atoms with E-state index in [9.17, 15) is 9.59 Å². The van der Waals surface area contributed by atoms with Crippen LogP contribution in [0.1, 0.15) is 25.0 Å². The van der Waals surface area contributed by atoms with Crippen LogP contribution in [0.5, 0.6) is 11.5 Å². The van der Waals surface area contributed by atoms with E-state index in [0.717, 1.165) is 11.1 Å². The fourth-order valence-electron chi connectivity index (χ4n) is 2.49. The average molecular weight is 370 g/mol. The Morgan fingerprint density at radius 2 is 1.11 bits per heavy atom. The Hall–Kier alpha value is -2.96. The van der Waals surface area contributed by atoms with E-state index in [1.54, 1.807) is 38.1 Å². The summed E-state index contributed by atoms with van der Waals surface area (Å²) in [5, 5.41) is 17.9. The number of aliphatic carboxylic acids is 2. The van der Waals surface area contributed by atoms with E-state index in [0.29, 0.717) is 24.3 Å². The lowest BCUT2D eigenvalue weighted by molar-refractivity contribution is -0.142. The number of carboxylic acids is 2. The number of hydrogen-bond acceptors (Lipinski definition) is 4. The molecule has 0 amide bonds. The SMILES string of the molecule is CC(Cc1ccc(OBOc2ccc(CC(C)C(=O)O)cc2)cc1)C(=O)O. The van der Waals surface area contributed by atoms with Crippen LogP contribution in [0.2, 0.25) is 0 Å². The zero-order valence-corrected chi connectivity index (χ0v) is 15.4. The summed E-state index contributed by atoms with van der Waals surface area (Å²) in [4.78, 5) is 21.8. The van der Waals surface area contributed by atoms with Crippen molar-refractivity contribution in [3.63, 3.8) is 0 Å². The van der Waals surface area contributed by atoms with Gasteiger partial charge in [-0.2, -0.15) is 0 Å². The van der Waals surface area contributed by atoms with Gasteiger partial charge in [0.15, 0.2) is 0 Å². The molecule has 6 nitrogen and oxygen atoms in total. The second-order valence-corrected chi connectivity index (χ2v) is 6.58. The second-order valence-electron chi connectivity index (χ2n) is 6.58. The monoisotopic (exact) mass is 370 g/mol. The molecule has 27 heavy (non-hydrogen) atoms. The Kier molecular flexibility index (Phi) is 7.29. The van der Waals surface area contributed by atoms with Crippen molar-refractivity contribution >= 4 is 19.6 Å². The topological polar surface area (TPSA) is 93.1 Å². The minimum absolute atomic E-state index is 0.0375. The molecule has 0 saturated heterocycles. The third-order valence-corrected chi connectivity index (χ3v) is 4.22. The summed E-state index contributed by atoms with van der Waals surface area (Å²) < 4.78 is 11.1. The molecule has 2 atom stereocenters. The highest BCUT2D eigenvalue weighted by Crippen LogP contribution is 2.17. The molecule has 0 aromatic heterocycles. The van der Waals surface area contributed by atoms with Gasteiger partial charge < -0.3 is 19.5 Å². The van der Waals surface area contributed by atoms with Gasteiger partial charge in [-0.15, -0.1) is 0 Å². The molecule has 2 aromatic carbocycles. The first-order valence-corrected chi connectivity index (χ1v) is 8.74. The highest BCUT2D eigenvalue weighted by molar-refractivity contribution is 6.20. The van der Waals surface area contributed by atoms with Crippen molar-refractivity contribution in [1.29, 1.82) is 0 Å². The molecule has 0 radical (unpaired) electrons. The average Bonchev–Trinajstić information content (AvgIpc) is 2.64. The molecule has 0 bridgehead atoms. The van der Waals surface area contributed by atoms with Crippen LogP contribution in [0.15, 0.2) is 48.5 Å². The van der Waals surface area contributed by atoms with Crippen molar-refractivity contribution < 1.29 is 29.1 Å². The molecule has 0 aliphatic rings. The maximum absolute atomic E-state index is 10.9. The van der Waals surface area contributed by atoms with E-state index in [1.165, 1.54) is 0 Å². The van der Waals surface area contributed by atoms with E-state index in [4.69, 9.17) is 19.5 Å². The molecule has 0 heterocycles. The summed E-state index contributed by atoms with van der Waals surface area (Å²) in [6.45, 7) is 3.35. The summed E-state index contributed by atoms with van der Waals surface area (Å²) in [5.41, 5.74) is 1.87. The van der Waals surface area contributed by atoms with Gasteiger partial charge in [0, 0.05) is 0 Å². The zero-order valence-electron chi connectivity index (χ0n) is 15.4. The molecular weight excluding hydrogens is 347 g/mol. The van der Waals surface area contributed by atoms with Crippen LogP contribution in [0.3, 0.4) is 0 Å². The van der Waals surface area contributed by atoms with E-state index >= 15 is 0 Å². The molecule has 2 unspecified atom stereocenters. The Morgan fingerprint density at radius 1 is 0.778 bits per heavy atom. The van der Waals surface area contributed by atoms with Crippen LogP contribution >= 0.6 is 0 Å². The zero-order chi connectivity index (χ0) is 19.8. The molecule has 0 saturated carbocycles. The van der Waals surface area contributed by atoms with Crippen molar-refractivity contribution in [3.05, 3.63) is 59.7 Å². The molecule has 7 heteroatoms. The minimum atomic E-state index is -0.813. The Balaban J connectivity index is 1.79. The van der Waals surface area contributed by atoms with Gasteiger partial charge in [-0.25, -0.2) is 0 Å². The molecular formula is C20H23BO6. The van der Waals surface area contributed by atoms with Crippen LogP contribution in [0.25, 0.3) is 0 Å². The summed E-state index contributed by atoms with van der Waals surface area (Å²) in [6.07, 6.45) is 0.942. The number of benzene rings is 2. The third-order valence-electron chi connectivity index (χ3n) is 4.22. The van der Waals surface area contributed by atoms with Gasteiger partial charge in [-0.05, 0) is 48.2 Å². The molecule has 0 aliphatic carbocycles. The first kappa shape index (κ1) is 20.4. The smallest absolute Gasteiger partial charge is 0.529 e. The first-order valence-electron chi connectivity index (χ1n) is 8.74. The molecule has 2 aromatic rings. The quantitative estimate of drug-likeness (QED) is 0.625. The van der Waals surface area contributed by atoms with Crippen LogP contribution < -0.4 is 9.31 Å². The van der Waals surface area contributed by atoms with Gasteiger partial charge in [0.1, 0.15) is 11.5 Å². The maximum Gasteiger partial charge on any atom is 0.576 e. The molecule has 0 fully saturated rings. The molecule has 0 aliphatic heterocycles. The van der Waals surface area contributed by atoms with Gasteiger partial charge in [0.25, 0.3) is 0 Å². The van der Waals surface area contributed by atoms with Gasteiger partial charge in [0.05, 0.1) is 11.8 Å². The number of carboxylic acid groups (broad SMARTS) is 2. The van der Waals surface area contributed by atoms with Gasteiger partial charge in [-0.1, -0.05) is 38.1 Å². The van der Waals surface area contributed by atoms with Crippen molar-refractivity contribution in [2.24, 2.45) is 11.8 Å². The third kappa shape index (κ3) is 6.69. The van der Waals surface area contributed by atoms with Crippen molar-refractivity contribution in [3.8, 4) is 11.5 Å². The van der Waals surface area contributed by atoms with Crippen LogP contribution in [0, 0.1) is 11.8 Å². The fourth-order valence-corrected chi connectivity index (χ4v) is 2.49. The van der Waals surface area contributed by atoms with Crippen molar-refractivity contribution in [2.45, 2.75) is 26.7 Å². The van der Waals surface area contributed by atoms with E-state index in [2.05, 4.69) is 0 Å². The predicted molar refractivity (Wildman–Crippen MR) is 102 cm³/mol. The van der Waals surface area contributed by atoms with Crippen LogP contribution in [-0.4, -0.2) is 29.8 Å². The number of rotatable bonds is 10. The highest BCUT2D eigenvalue weighted by atomic mass is 16.6. The lowest BCUT2D eigenvalue weighted by Crippen LogP contribution is -2.13. The Bertz CT molecular complexity index is 692. The number of carbonyl (C=O) groups is 2. The molecule has 2 N–H and O–H groups in total. The van der Waals surface area contributed by atoms with Crippen molar-refractivity contribution in [2.75, 3.05) is 0 Å². The normalized spacial score (nSPS) is 12.7. The first-order chi connectivity index (χ1) is 12.8. The van der Waals surface area contributed by atoms with E-state index in [1.807, 2.05) is 24.3 Å². The molecule has 2 rings (SSSR count). The highest BCUT2D eigenvalue weighted by Gasteiger charge is 2.12. The predicted octanol–water partition coefficient (Wildman–Crippen LogP) is 2.94. The van der Waals surface area contributed by atoms with E-state index < -0.39 is 23.8 Å². The fraction of sp³-hybridized carbons (Fsp3) is 0.300. The second kappa shape index (κ2) is 9.66. The summed E-state index contributed by atoms with van der Waals surface area (Å²) in [5.74, 6) is -1.22. The van der Waals surface area contributed by atoms with Crippen LogP contribution in [0.4, 0.5) is 0 Å². The Labute approximate surface area is 159 Å². The van der Waals surface area contributed by atoms with Gasteiger partial charge in [0.2, 0.25) is 0 Å². The summed E-state index contributed by atoms with van der Waals surface area (Å²) in [6, 6.07) is 14.5. The largest absolute Gasteiger partial charge is 0.576 e.